The predicted octanol–water partition coefficient (Wildman–Crippen LogP) is 1.09. The maximum atomic E-state index is 12.0. The second-order valence-electron chi connectivity index (χ2n) is 7.13. The van der Waals surface area contributed by atoms with E-state index < -0.39 is 17.4 Å². The first-order valence-electron chi connectivity index (χ1n) is 8.38. The van der Waals surface area contributed by atoms with Crippen molar-refractivity contribution in [2.75, 3.05) is 20.1 Å². The number of carboxylic acids is 1. The van der Waals surface area contributed by atoms with E-state index >= 15 is 0 Å². The second-order valence-corrected chi connectivity index (χ2v) is 7.13. The van der Waals surface area contributed by atoms with Gasteiger partial charge in [0, 0.05) is 32.5 Å². The number of hydrogen-bond acceptors (Lipinski definition) is 6. The first kappa shape index (κ1) is 16.9. The van der Waals surface area contributed by atoms with Gasteiger partial charge in [0.2, 0.25) is 11.8 Å². The van der Waals surface area contributed by atoms with Crippen LogP contribution in [0.1, 0.15) is 50.7 Å². The molecule has 1 atom stereocenters. The highest BCUT2D eigenvalue weighted by atomic mass is 16.5. The van der Waals surface area contributed by atoms with Gasteiger partial charge in [-0.25, -0.2) is 0 Å². The Hall–Kier alpha value is -1.96. The summed E-state index contributed by atoms with van der Waals surface area (Å²) in [5, 5.41) is 13.5. The molecule has 1 amide bonds. The number of piperidine rings is 1. The average molecular weight is 336 g/mol. The topological polar surface area (TPSA) is 99.8 Å². The molecule has 2 aliphatic rings. The van der Waals surface area contributed by atoms with Gasteiger partial charge in [-0.1, -0.05) is 19.0 Å². The average Bonchev–Trinajstić information content (AvgIpc) is 3.09. The molecular weight excluding hydrogens is 312 g/mol. The van der Waals surface area contributed by atoms with Crippen LogP contribution in [0.2, 0.25) is 0 Å². The maximum absolute atomic E-state index is 12.0. The maximum Gasteiger partial charge on any atom is 0.309 e. The van der Waals surface area contributed by atoms with Crippen molar-refractivity contribution in [3.63, 3.8) is 0 Å². The summed E-state index contributed by atoms with van der Waals surface area (Å²) in [4.78, 5) is 31.8. The van der Waals surface area contributed by atoms with Crippen LogP contribution in [0, 0.1) is 5.92 Å². The van der Waals surface area contributed by atoms with E-state index in [1.54, 1.807) is 11.9 Å². The fraction of sp³-hybridized carbons (Fsp3) is 0.750. The monoisotopic (exact) mass is 336 g/mol. The molecule has 1 spiro atoms. The Bertz CT molecular complexity index is 634. The zero-order valence-electron chi connectivity index (χ0n) is 14.4. The molecule has 2 saturated heterocycles. The van der Waals surface area contributed by atoms with Crippen LogP contribution in [-0.2, 0) is 16.1 Å². The SMILES string of the molecule is CC(C)c1nc(CN2CCC3(CC2)C(C(=O)O)CC(=O)N3C)no1. The van der Waals surface area contributed by atoms with Crippen molar-refractivity contribution in [1.29, 1.82) is 0 Å². The zero-order valence-corrected chi connectivity index (χ0v) is 14.4. The van der Waals surface area contributed by atoms with Crippen molar-refractivity contribution in [2.24, 2.45) is 5.92 Å². The first-order valence-corrected chi connectivity index (χ1v) is 8.38. The minimum atomic E-state index is -0.874. The van der Waals surface area contributed by atoms with Crippen LogP contribution in [0.15, 0.2) is 4.52 Å². The molecule has 2 aliphatic heterocycles. The summed E-state index contributed by atoms with van der Waals surface area (Å²) in [6, 6.07) is 0. The van der Waals surface area contributed by atoms with Crippen LogP contribution in [0.25, 0.3) is 0 Å². The summed E-state index contributed by atoms with van der Waals surface area (Å²) < 4.78 is 5.22. The lowest BCUT2D eigenvalue weighted by molar-refractivity contribution is -0.146. The van der Waals surface area contributed by atoms with Crippen molar-refractivity contribution < 1.29 is 19.2 Å². The van der Waals surface area contributed by atoms with Gasteiger partial charge in [-0.15, -0.1) is 0 Å². The van der Waals surface area contributed by atoms with Crippen molar-refractivity contribution >= 4 is 11.9 Å². The summed E-state index contributed by atoms with van der Waals surface area (Å²) in [6.45, 7) is 6.02. The first-order chi connectivity index (χ1) is 11.3. The highest BCUT2D eigenvalue weighted by molar-refractivity contribution is 5.88. The van der Waals surface area contributed by atoms with E-state index in [0.717, 1.165) is 0 Å². The molecule has 3 rings (SSSR count). The normalized spacial score (nSPS) is 24.2. The molecule has 1 aromatic rings. The fourth-order valence-electron chi connectivity index (χ4n) is 3.85. The molecule has 1 aromatic heterocycles. The van der Waals surface area contributed by atoms with Crippen LogP contribution in [0.5, 0.6) is 0 Å². The zero-order chi connectivity index (χ0) is 17.5. The summed E-state index contributed by atoms with van der Waals surface area (Å²) in [6.07, 6.45) is 1.41. The quantitative estimate of drug-likeness (QED) is 0.878. The molecule has 0 aliphatic carbocycles. The number of hydrogen-bond donors (Lipinski definition) is 1. The van der Waals surface area contributed by atoms with E-state index in [9.17, 15) is 14.7 Å². The minimum absolute atomic E-state index is 0.0735. The second kappa shape index (κ2) is 6.16. The largest absolute Gasteiger partial charge is 0.481 e. The van der Waals surface area contributed by atoms with Crippen molar-refractivity contribution in [3.8, 4) is 0 Å². The number of carboxylic acid groups (broad SMARTS) is 1. The molecule has 0 saturated carbocycles. The standard InChI is InChI=1S/C16H24N4O4/c1-10(2)14-17-12(18-24-14)9-20-6-4-16(5-7-20)11(15(22)23)8-13(21)19(16)3/h10-11H,4-9H2,1-3H3,(H,22,23). The highest BCUT2D eigenvalue weighted by Crippen LogP contribution is 2.42. The van der Waals surface area contributed by atoms with E-state index in [-0.39, 0.29) is 18.2 Å². The van der Waals surface area contributed by atoms with Crippen molar-refractivity contribution in [2.45, 2.75) is 51.1 Å². The number of aromatic nitrogens is 2. The van der Waals surface area contributed by atoms with Crippen LogP contribution in [0.4, 0.5) is 0 Å². The summed E-state index contributed by atoms with van der Waals surface area (Å²) >= 11 is 0. The van der Waals surface area contributed by atoms with Crippen LogP contribution in [0.3, 0.4) is 0 Å². The molecule has 0 radical (unpaired) electrons. The lowest BCUT2D eigenvalue weighted by atomic mass is 9.77. The van der Waals surface area contributed by atoms with Gasteiger partial charge < -0.3 is 14.5 Å². The van der Waals surface area contributed by atoms with E-state index in [0.29, 0.717) is 44.2 Å². The fourth-order valence-corrected chi connectivity index (χ4v) is 3.85. The van der Waals surface area contributed by atoms with Gasteiger partial charge in [0.1, 0.15) is 0 Å². The smallest absolute Gasteiger partial charge is 0.309 e. The van der Waals surface area contributed by atoms with Crippen LogP contribution in [-0.4, -0.2) is 62.6 Å². The van der Waals surface area contributed by atoms with Gasteiger partial charge in [0.05, 0.1) is 18.0 Å². The van der Waals surface area contributed by atoms with Crippen molar-refractivity contribution in [3.05, 3.63) is 11.7 Å². The molecule has 132 valence electrons. The van der Waals surface area contributed by atoms with E-state index in [1.165, 1.54) is 0 Å². The van der Waals surface area contributed by atoms with Gasteiger partial charge in [-0.05, 0) is 12.8 Å². The Balaban J connectivity index is 1.66. The molecule has 8 nitrogen and oxygen atoms in total. The third kappa shape index (κ3) is 2.79. The molecule has 0 aromatic carbocycles. The van der Waals surface area contributed by atoms with Gasteiger partial charge in [-0.3, -0.25) is 14.5 Å². The number of carbonyl (C=O) groups is 2. The highest BCUT2D eigenvalue weighted by Gasteiger charge is 2.55. The molecule has 0 bridgehead atoms. The van der Waals surface area contributed by atoms with E-state index in [2.05, 4.69) is 15.0 Å². The lowest BCUT2D eigenvalue weighted by Gasteiger charge is -2.45. The number of rotatable bonds is 4. The number of amides is 1. The van der Waals surface area contributed by atoms with Gasteiger partial charge >= 0.3 is 5.97 Å². The Morgan fingerprint density at radius 2 is 2.08 bits per heavy atom. The van der Waals surface area contributed by atoms with Crippen LogP contribution >= 0.6 is 0 Å². The van der Waals surface area contributed by atoms with Crippen LogP contribution < -0.4 is 0 Å². The Morgan fingerprint density at radius 3 is 2.62 bits per heavy atom. The lowest BCUT2D eigenvalue weighted by Crippen LogP contribution is -2.56. The Morgan fingerprint density at radius 1 is 1.42 bits per heavy atom. The Labute approximate surface area is 140 Å². The van der Waals surface area contributed by atoms with Gasteiger partial charge in [0.15, 0.2) is 5.82 Å². The summed E-state index contributed by atoms with van der Waals surface area (Å²) in [5.74, 6) is -0.0810. The van der Waals surface area contributed by atoms with E-state index in [4.69, 9.17) is 4.52 Å². The van der Waals surface area contributed by atoms with Gasteiger partial charge in [-0.2, -0.15) is 4.98 Å². The molecule has 1 N–H and O–H groups in total. The predicted molar refractivity (Wildman–Crippen MR) is 84.1 cm³/mol. The Kier molecular flexibility index (Phi) is 4.33. The number of nitrogens with zero attached hydrogens (tertiary/aromatic N) is 4. The minimum Gasteiger partial charge on any atom is -0.481 e. The van der Waals surface area contributed by atoms with Gasteiger partial charge in [0.25, 0.3) is 0 Å². The van der Waals surface area contributed by atoms with E-state index in [1.807, 2.05) is 13.8 Å². The third-order valence-electron chi connectivity index (χ3n) is 5.43. The summed E-state index contributed by atoms with van der Waals surface area (Å²) in [7, 11) is 1.73. The number of likely N-dealkylation sites (tertiary alicyclic amines) is 2. The summed E-state index contributed by atoms with van der Waals surface area (Å²) in [5.41, 5.74) is -0.556. The molecule has 24 heavy (non-hydrogen) atoms. The third-order valence-corrected chi connectivity index (χ3v) is 5.43. The number of carbonyl (C=O) groups excluding carboxylic acids is 1. The number of aliphatic carboxylic acids is 1. The molecule has 8 heteroatoms. The van der Waals surface area contributed by atoms with Crippen molar-refractivity contribution in [1.82, 2.24) is 19.9 Å². The molecule has 2 fully saturated rings. The molecular formula is C16H24N4O4. The molecule has 1 unspecified atom stereocenters. The molecule has 3 heterocycles.